The van der Waals surface area contributed by atoms with Gasteiger partial charge >= 0.3 is 11.9 Å². The monoisotopic (exact) mass is 406 g/mol. The summed E-state index contributed by atoms with van der Waals surface area (Å²) in [6.45, 7) is 4.56. The van der Waals surface area contributed by atoms with Crippen LogP contribution in [0.5, 0.6) is 0 Å². The van der Waals surface area contributed by atoms with E-state index in [-0.39, 0.29) is 34.0 Å². The highest BCUT2D eigenvalue weighted by molar-refractivity contribution is 8.93. The van der Waals surface area contributed by atoms with Crippen molar-refractivity contribution in [3.05, 3.63) is 0 Å². The fourth-order valence-electron chi connectivity index (χ4n) is 1.24. The number of hydrogen-bond donors (Lipinski definition) is 4. The molecule has 4 N–H and O–H groups in total. The Balaban J connectivity index is -0.00000128. The number of rotatable bonds is 10. The number of carbonyl (C=O) groups is 2. The van der Waals surface area contributed by atoms with Gasteiger partial charge in [0.05, 0.1) is 0 Å². The minimum absolute atomic E-state index is 0. The lowest BCUT2D eigenvalue weighted by atomic mass is 10.2. The van der Waals surface area contributed by atoms with Crippen molar-refractivity contribution < 1.29 is 19.8 Å². The van der Waals surface area contributed by atoms with E-state index in [2.05, 4.69) is 10.6 Å². The summed E-state index contributed by atoms with van der Waals surface area (Å²) < 4.78 is 0. The molecule has 0 aromatic rings. The smallest absolute Gasteiger partial charge is 0.320 e. The van der Waals surface area contributed by atoms with Crippen LogP contribution in [-0.4, -0.2) is 47.3 Å². The third-order valence-electron chi connectivity index (χ3n) is 2.50. The molecular weight excluding hydrogens is 384 g/mol. The second-order valence-corrected chi connectivity index (χ2v) is 4.09. The Morgan fingerprint density at radius 3 is 1.42 bits per heavy atom. The first-order valence-corrected chi connectivity index (χ1v) is 5.87. The Morgan fingerprint density at radius 2 is 1.16 bits per heavy atom. The summed E-state index contributed by atoms with van der Waals surface area (Å²) in [5.41, 5.74) is 0. The van der Waals surface area contributed by atoms with Gasteiger partial charge in [0.15, 0.2) is 0 Å². The van der Waals surface area contributed by atoms with E-state index in [0.717, 1.165) is 19.3 Å². The van der Waals surface area contributed by atoms with Gasteiger partial charge in [-0.05, 0) is 39.8 Å². The van der Waals surface area contributed by atoms with E-state index in [1.54, 1.807) is 13.8 Å². The number of nitrogens with one attached hydrogen (secondary N) is 2. The first-order chi connectivity index (χ1) is 7.95. The highest BCUT2D eigenvalue weighted by Crippen LogP contribution is 1.94. The topological polar surface area (TPSA) is 98.7 Å². The minimum atomic E-state index is -0.845. The van der Waals surface area contributed by atoms with Gasteiger partial charge in [-0.25, -0.2) is 0 Å². The van der Waals surface area contributed by atoms with E-state index in [1.807, 2.05) is 0 Å². The van der Waals surface area contributed by atoms with Crippen molar-refractivity contribution in [2.24, 2.45) is 0 Å². The second-order valence-electron chi connectivity index (χ2n) is 4.09. The average Bonchev–Trinajstić information content (AvgIpc) is 2.26. The van der Waals surface area contributed by atoms with E-state index in [9.17, 15) is 9.59 Å². The summed E-state index contributed by atoms with van der Waals surface area (Å²) >= 11 is 0. The minimum Gasteiger partial charge on any atom is -0.480 e. The van der Waals surface area contributed by atoms with E-state index >= 15 is 0 Å². The SMILES string of the molecule is Br.Br.C[C@H](NCCCCCN[C@@H](C)C(=O)O)C(=O)O. The van der Waals surface area contributed by atoms with Gasteiger partial charge in [0, 0.05) is 0 Å². The number of aliphatic carboxylic acids is 2. The summed E-state index contributed by atoms with van der Waals surface area (Å²) in [6.07, 6.45) is 2.72. The molecular formula is C11H24Br2N2O4. The molecule has 0 aliphatic heterocycles. The molecule has 0 aromatic carbocycles. The highest BCUT2D eigenvalue weighted by atomic mass is 79.9. The maximum atomic E-state index is 10.5. The molecule has 2 atom stereocenters. The quantitative estimate of drug-likeness (QED) is 0.409. The van der Waals surface area contributed by atoms with E-state index in [4.69, 9.17) is 10.2 Å². The summed E-state index contributed by atoms with van der Waals surface area (Å²) in [4.78, 5) is 21.0. The number of halogens is 2. The standard InChI is InChI=1S/C11H22N2O4.2BrH/c1-8(10(14)15)12-6-4-3-5-7-13-9(2)11(16)17;;/h8-9,12-13H,3-7H2,1-2H3,(H,14,15)(H,16,17);2*1H/t8-,9-;;/m0../s1. The first kappa shape index (κ1) is 23.9. The molecule has 0 fully saturated rings. The fraction of sp³-hybridized carbons (Fsp3) is 0.818. The van der Waals surface area contributed by atoms with Gasteiger partial charge in [0.1, 0.15) is 12.1 Å². The lowest BCUT2D eigenvalue weighted by molar-refractivity contribution is -0.139. The van der Waals surface area contributed by atoms with Crippen molar-refractivity contribution in [1.82, 2.24) is 10.6 Å². The third-order valence-corrected chi connectivity index (χ3v) is 2.50. The van der Waals surface area contributed by atoms with Crippen molar-refractivity contribution in [3.63, 3.8) is 0 Å². The van der Waals surface area contributed by atoms with Crippen LogP contribution in [-0.2, 0) is 9.59 Å². The number of unbranched alkanes of at least 4 members (excludes halogenated alkanes) is 2. The van der Waals surface area contributed by atoms with Gasteiger partial charge in [0.2, 0.25) is 0 Å². The van der Waals surface area contributed by atoms with Crippen LogP contribution >= 0.6 is 34.0 Å². The average molecular weight is 408 g/mol. The molecule has 116 valence electrons. The van der Waals surface area contributed by atoms with Gasteiger partial charge in [-0.1, -0.05) is 6.42 Å². The predicted molar refractivity (Wildman–Crippen MR) is 84.7 cm³/mol. The van der Waals surface area contributed by atoms with Gasteiger partial charge in [0.25, 0.3) is 0 Å². The van der Waals surface area contributed by atoms with Crippen molar-refractivity contribution in [3.8, 4) is 0 Å². The van der Waals surface area contributed by atoms with Crippen LogP contribution in [0.25, 0.3) is 0 Å². The zero-order chi connectivity index (χ0) is 13.3. The Morgan fingerprint density at radius 1 is 0.842 bits per heavy atom. The second kappa shape index (κ2) is 14.2. The summed E-state index contributed by atoms with van der Waals surface area (Å²) in [7, 11) is 0. The van der Waals surface area contributed by atoms with Crippen molar-refractivity contribution in [2.45, 2.75) is 45.2 Å². The molecule has 0 amide bonds. The van der Waals surface area contributed by atoms with Crippen LogP contribution in [0.4, 0.5) is 0 Å². The zero-order valence-corrected chi connectivity index (χ0v) is 14.6. The molecule has 8 heteroatoms. The Hall–Kier alpha value is -0.180. The molecule has 0 heterocycles. The van der Waals surface area contributed by atoms with Gasteiger partial charge in [-0.2, -0.15) is 0 Å². The van der Waals surface area contributed by atoms with E-state index in [1.165, 1.54) is 0 Å². The molecule has 0 spiro atoms. The Kier molecular flexibility index (Phi) is 17.9. The molecule has 19 heavy (non-hydrogen) atoms. The summed E-state index contributed by atoms with van der Waals surface area (Å²) in [5, 5.41) is 23.0. The van der Waals surface area contributed by atoms with Crippen LogP contribution < -0.4 is 10.6 Å². The molecule has 0 aliphatic carbocycles. The first-order valence-electron chi connectivity index (χ1n) is 5.87. The molecule has 0 aromatic heterocycles. The van der Waals surface area contributed by atoms with Crippen LogP contribution in [0.3, 0.4) is 0 Å². The largest absolute Gasteiger partial charge is 0.480 e. The number of carboxylic acid groups (broad SMARTS) is 2. The van der Waals surface area contributed by atoms with Crippen molar-refractivity contribution in [2.75, 3.05) is 13.1 Å². The molecule has 0 saturated carbocycles. The highest BCUT2D eigenvalue weighted by Gasteiger charge is 2.09. The maximum absolute atomic E-state index is 10.5. The Labute approximate surface area is 134 Å². The molecule has 0 aliphatic rings. The Bertz CT molecular complexity index is 231. The maximum Gasteiger partial charge on any atom is 0.320 e. The lowest BCUT2D eigenvalue weighted by Crippen LogP contribution is -2.35. The van der Waals surface area contributed by atoms with Crippen LogP contribution in [0.15, 0.2) is 0 Å². The molecule has 0 radical (unpaired) electrons. The normalized spacial score (nSPS) is 12.7. The predicted octanol–water partition coefficient (Wildman–Crippen LogP) is 1.44. The van der Waals surface area contributed by atoms with Crippen molar-refractivity contribution >= 4 is 45.9 Å². The fourth-order valence-corrected chi connectivity index (χ4v) is 1.24. The van der Waals surface area contributed by atoms with Crippen LogP contribution in [0.2, 0.25) is 0 Å². The van der Waals surface area contributed by atoms with Gasteiger partial charge < -0.3 is 20.8 Å². The number of carboxylic acids is 2. The van der Waals surface area contributed by atoms with E-state index < -0.39 is 24.0 Å². The molecule has 0 unspecified atom stereocenters. The van der Waals surface area contributed by atoms with Crippen LogP contribution in [0, 0.1) is 0 Å². The summed E-state index contributed by atoms with van der Waals surface area (Å²) in [6, 6.07) is -1.03. The van der Waals surface area contributed by atoms with Crippen molar-refractivity contribution in [1.29, 1.82) is 0 Å². The van der Waals surface area contributed by atoms with E-state index in [0.29, 0.717) is 13.1 Å². The lowest BCUT2D eigenvalue weighted by Gasteiger charge is -2.10. The zero-order valence-electron chi connectivity index (χ0n) is 11.2. The van der Waals surface area contributed by atoms with Gasteiger partial charge in [-0.15, -0.1) is 34.0 Å². The number of hydrogen-bond acceptors (Lipinski definition) is 4. The molecule has 0 bridgehead atoms. The van der Waals surface area contributed by atoms with Gasteiger partial charge in [-0.3, -0.25) is 9.59 Å². The third kappa shape index (κ3) is 14.0. The summed E-state index contributed by atoms with van der Waals surface area (Å²) in [5.74, 6) is -1.69. The molecule has 0 rings (SSSR count). The molecule has 6 nitrogen and oxygen atoms in total. The molecule has 0 saturated heterocycles. The van der Waals surface area contributed by atoms with Crippen LogP contribution in [0.1, 0.15) is 33.1 Å².